The van der Waals surface area contributed by atoms with Gasteiger partial charge in [0.25, 0.3) is 0 Å². The molecule has 0 bridgehead atoms. The lowest BCUT2D eigenvalue weighted by atomic mass is 10.2. The molecular formula is C18H26N4O3S. The van der Waals surface area contributed by atoms with Gasteiger partial charge in [0.05, 0.1) is 25.9 Å². The van der Waals surface area contributed by atoms with Crippen LogP contribution in [-0.2, 0) is 4.74 Å². The van der Waals surface area contributed by atoms with Crippen LogP contribution < -0.4 is 10.0 Å². The van der Waals surface area contributed by atoms with E-state index in [0.717, 1.165) is 62.6 Å². The zero-order valence-corrected chi connectivity index (χ0v) is 15.5. The van der Waals surface area contributed by atoms with Crippen LogP contribution in [0.2, 0.25) is 0 Å². The van der Waals surface area contributed by atoms with E-state index in [1.807, 2.05) is 24.3 Å². The van der Waals surface area contributed by atoms with Gasteiger partial charge in [0.15, 0.2) is 0 Å². The Kier molecular flexibility index (Phi) is 9.48. The summed E-state index contributed by atoms with van der Waals surface area (Å²) in [5, 5.41) is 30.6. The first-order valence-electron chi connectivity index (χ1n) is 8.65. The summed E-state index contributed by atoms with van der Waals surface area (Å²) in [6.07, 6.45) is 0.950. The van der Waals surface area contributed by atoms with Crippen LogP contribution in [0.5, 0.6) is 0 Å². The second-order valence-corrected chi connectivity index (χ2v) is 6.84. The molecule has 0 radical (unpaired) electrons. The van der Waals surface area contributed by atoms with Crippen LogP contribution in [0.15, 0.2) is 29.2 Å². The van der Waals surface area contributed by atoms with E-state index >= 15 is 0 Å². The SMILES string of the molecule is N#C/C(=C\c1ccc(NCCN2CCOCC2)cc1)SNCC(O)CO. The highest BCUT2D eigenvalue weighted by Crippen LogP contribution is 2.17. The number of aliphatic hydroxyl groups is 2. The number of rotatable bonds is 10. The molecule has 26 heavy (non-hydrogen) atoms. The molecule has 0 spiro atoms. The van der Waals surface area contributed by atoms with Crippen LogP contribution in [-0.4, -0.2) is 73.8 Å². The van der Waals surface area contributed by atoms with E-state index in [0.29, 0.717) is 4.91 Å². The lowest BCUT2D eigenvalue weighted by Gasteiger charge is -2.26. The highest BCUT2D eigenvalue weighted by atomic mass is 32.2. The van der Waals surface area contributed by atoms with Crippen LogP contribution in [0.25, 0.3) is 6.08 Å². The summed E-state index contributed by atoms with van der Waals surface area (Å²) in [5.41, 5.74) is 1.98. The Morgan fingerprint density at radius 1 is 1.35 bits per heavy atom. The molecular weight excluding hydrogens is 352 g/mol. The Hall–Kier alpha value is -1.60. The van der Waals surface area contributed by atoms with Crippen LogP contribution >= 0.6 is 11.9 Å². The monoisotopic (exact) mass is 378 g/mol. The Morgan fingerprint density at radius 3 is 2.73 bits per heavy atom. The Labute approximate surface area is 158 Å². The van der Waals surface area contributed by atoms with Gasteiger partial charge in [-0.2, -0.15) is 5.26 Å². The fourth-order valence-electron chi connectivity index (χ4n) is 2.40. The third-order valence-corrected chi connectivity index (χ3v) is 4.63. The number of anilines is 1. The maximum atomic E-state index is 9.27. The van der Waals surface area contributed by atoms with Crippen LogP contribution in [0, 0.1) is 11.3 Å². The Balaban J connectivity index is 1.76. The molecule has 1 saturated heterocycles. The van der Waals surface area contributed by atoms with Gasteiger partial charge in [-0.1, -0.05) is 12.1 Å². The Morgan fingerprint density at radius 2 is 2.08 bits per heavy atom. The Bertz CT molecular complexity index is 597. The van der Waals surface area contributed by atoms with Gasteiger partial charge < -0.3 is 20.3 Å². The van der Waals surface area contributed by atoms with Crippen molar-refractivity contribution in [3.05, 3.63) is 34.7 Å². The van der Waals surface area contributed by atoms with Crippen molar-refractivity contribution >= 4 is 23.7 Å². The lowest BCUT2D eigenvalue weighted by Crippen LogP contribution is -2.38. The van der Waals surface area contributed by atoms with Gasteiger partial charge in [-0.05, 0) is 35.7 Å². The second kappa shape index (κ2) is 11.9. The molecule has 1 heterocycles. The van der Waals surface area contributed by atoms with Crippen molar-refractivity contribution in [3.8, 4) is 6.07 Å². The minimum atomic E-state index is -0.828. The molecule has 4 N–H and O–H groups in total. The molecule has 0 aliphatic carbocycles. The minimum Gasteiger partial charge on any atom is -0.394 e. The molecule has 1 aliphatic rings. The van der Waals surface area contributed by atoms with Crippen molar-refractivity contribution in [2.45, 2.75) is 6.10 Å². The average Bonchev–Trinajstić information content (AvgIpc) is 2.69. The van der Waals surface area contributed by atoms with Crippen LogP contribution in [0.3, 0.4) is 0 Å². The quantitative estimate of drug-likeness (QED) is 0.352. The molecule has 1 atom stereocenters. The van der Waals surface area contributed by atoms with Crippen molar-refractivity contribution in [3.63, 3.8) is 0 Å². The normalized spacial score (nSPS) is 16.9. The summed E-state index contributed by atoms with van der Waals surface area (Å²) in [7, 11) is 0. The molecule has 1 aliphatic heterocycles. The number of morpholine rings is 1. The maximum absolute atomic E-state index is 9.27. The summed E-state index contributed by atoms with van der Waals surface area (Å²) in [5.74, 6) is 0. The third kappa shape index (κ3) is 7.74. The number of aliphatic hydroxyl groups excluding tert-OH is 2. The summed E-state index contributed by atoms with van der Waals surface area (Å²) >= 11 is 1.14. The number of ether oxygens (including phenoxy) is 1. The first-order chi connectivity index (χ1) is 12.7. The van der Waals surface area contributed by atoms with E-state index < -0.39 is 6.10 Å². The van der Waals surface area contributed by atoms with Gasteiger partial charge in [-0.15, -0.1) is 0 Å². The molecule has 0 amide bonds. The lowest BCUT2D eigenvalue weighted by molar-refractivity contribution is 0.0398. The fraction of sp³-hybridized carbons (Fsp3) is 0.500. The molecule has 1 aromatic carbocycles. The number of nitriles is 1. The molecule has 7 nitrogen and oxygen atoms in total. The molecule has 2 rings (SSSR count). The maximum Gasteiger partial charge on any atom is 0.107 e. The molecule has 1 unspecified atom stereocenters. The molecule has 0 saturated carbocycles. The van der Waals surface area contributed by atoms with E-state index in [1.54, 1.807) is 6.08 Å². The average molecular weight is 378 g/mol. The zero-order valence-electron chi connectivity index (χ0n) is 14.7. The van der Waals surface area contributed by atoms with Gasteiger partial charge in [0, 0.05) is 38.4 Å². The smallest absolute Gasteiger partial charge is 0.107 e. The number of hydrogen-bond donors (Lipinski definition) is 4. The van der Waals surface area contributed by atoms with Gasteiger partial charge in [0.2, 0.25) is 0 Å². The van der Waals surface area contributed by atoms with Crippen molar-refractivity contribution in [1.82, 2.24) is 9.62 Å². The predicted octanol–water partition coefficient (Wildman–Crippen LogP) is 0.886. The molecule has 8 heteroatoms. The van der Waals surface area contributed by atoms with Gasteiger partial charge in [-0.25, -0.2) is 0 Å². The first-order valence-corrected chi connectivity index (χ1v) is 9.47. The van der Waals surface area contributed by atoms with E-state index in [9.17, 15) is 10.4 Å². The van der Waals surface area contributed by atoms with E-state index in [1.165, 1.54) is 0 Å². The van der Waals surface area contributed by atoms with Gasteiger partial charge in [0.1, 0.15) is 11.0 Å². The summed E-state index contributed by atoms with van der Waals surface area (Å²) < 4.78 is 8.21. The van der Waals surface area contributed by atoms with Crippen molar-refractivity contribution < 1.29 is 14.9 Å². The number of nitrogens with one attached hydrogen (secondary N) is 2. The first kappa shape index (κ1) is 20.7. The minimum absolute atomic E-state index is 0.214. The molecule has 142 valence electrons. The highest BCUT2D eigenvalue weighted by molar-refractivity contribution is 8.01. The predicted molar refractivity (Wildman–Crippen MR) is 104 cm³/mol. The fourth-order valence-corrected chi connectivity index (χ4v) is 3.07. The molecule has 1 fully saturated rings. The number of nitrogens with zero attached hydrogens (tertiary/aromatic N) is 2. The van der Waals surface area contributed by atoms with Crippen molar-refractivity contribution in [1.29, 1.82) is 5.26 Å². The number of hydrogen-bond acceptors (Lipinski definition) is 8. The number of allylic oxidation sites excluding steroid dienone is 1. The molecule has 0 aromatic heterocycles. The standard InChI is InChI=1S/C18H26N4O3S/c19-12-18(26-21-13-17(24)14-23)11-15-1-3-16(4-2-15)20-5-6-22-7-9-25-10-8-22/h1-4,11,17,20-21,23-24H,5-10,13-14H2/b18-11+. The van der Waals surface area contributed by atoms with E-state index in [2.05, 4.69) is 21.0 Å². The van der Waals surface area contributed by atoms with Gasteiger partial charge >= 0.3 is 0 Å². The van der Waals surface area contributed by atoms with Gasteiger partial charge in [-0.3, -0.25) is 9.62 Å². The van der Waals surface area contributed by atoms with Crippen LogP contribution in [0.4, 0.5) is 5.69 Å². The molecule has 1 aromatic rings. The summed E-state index contributed by atoms with van der Waals surface area (Å²) in [4.78, 5) is 2.87. The summed E-state index contributed by atoms with van der Waals surface area (Å²) in [6, 6.07) is 10.0. The highest BCUT2D eigenvalue weighted by Gasteiger charge is 2.09. The largest absolute Gasteiger partial charge is 0.394 e. The van der Waals surface area contributed by atoms with E-state index in [4.69, 9.17) is 9.84 Å². The summed E-state index contributed by atoms with van der Waals surface area (Å²) in [6.45, 7) is 5.39. The second-order valence-electron chi connectivity index (χ2n) is 5.91. The van der Waals surface area contributed by atoms with Crippen LogP contribution in [0.1, 0.15) is 5.56 Å². The zero-order chi connectivity index (χ0) is 18.6. The number of benzene rings is 1. The third-order valence-electron chi connectivity index (χ3n) is 3.89. The van der Waals surface area contributed by atoms with E-state index in [-0.39, 0.29) is 13.2 Å². The van der Waals surface area contributed by atoms with Crippen molar-refractivity contribution in [2.24, 2.45) is 0 Å². The van der Waals surface area contributed by atoms with Crippen molar-refractivity contribution in [2.75, 3.05) is 57.9 Å². The topological polar surface area (TPSA) is 101 Å².